The van der Waals surface area contributed by atoms with Gasteiger partial charge in [0.25, 0.3) is 10.2 Å². The second-order valence-corrected chi connectivity index (χ2v) is 9.51. The molecule has 2 aromatic rings. The van der Waals surface area contributed by atoms with E-state index in [9.17, 15) is 8.42 Å². The monoisotopic (exact) mass is 392 g/mol. The van der Waals surface area contributed by atoms with Crippen molar-refractivity contribution in [3.8, 4) is 11.4 Å². The summed E-state index contributed by atoms with van der Waals surface area (Å²) in [6.07, 6.45) is 4.29. The Morgan fingerprint density at radius 2 is 1.96 bits per heavy atom. The van der Waals surface area contributed by atoms with Crippen LogP contribution in [0.4, 0.5) is 0 Å². The van der Waals surface area contributed by atoms with Gasteiger partial charge in [0.05, 0.1) is 17.4 Å². The molecule has 3 heterocycles. The molecule has 9 heteroatoms. The number of rotatable bonds is 5. The molecule has 2 aromatic heterocycles. The lowest BCUT2D eigenvalue weighted by molar-refractivity contribution is 0.234. The zero-order valence-corrected chi connectivity index (χ0v) is 17.4. The van der Waals surface area contributed by atoms with Crippen molar-refractivity contribution in [1.29, 1.82) is 0 Å². The van der Waals surface area contributed by atoms with Crippen LogP contribution in [0, 0.1) is 6.92 Å². The maximum Gasteiger partial charge on any atom is 0.282 e. The Balaban J connectivity index is 2.06. The van der Waals surface area contributed by atoms with E-state index in [4.69, 9.17) is 4.98 Å². The predicted molar refractivity (Wildman–Crippen MR) is 104 cm³/mol. The second-order valence-electron chi connectivity index (χ2n) is 7.42. The van der Waals surface area contributed by atoms with E-state index in [0.717, 1.165) is 36.3 Å². The highest BCUT2D eigenvalue weighted by molar-refractivity contribution is 7.86. The number of hydrogen-bond acceptors (Lipinski definition) is 5. The van der Waals surface area contributed by atoms with Gasteiger partial charge in [-0.15, -0.1) is 0 Å². The third-order valence-corrected chi connectivity index (χ3v) is 6.76. The number of hydrogen-bond donors (Lipinski definition) is 0. The first-order valence-electron chi connectivity index (χ1n) is 9.30. The van der Waals surface area contributed by atoms with Crippen LogP contribution in [0.2, 0.25) is 0 Å². The van der Waals surface area contributed by atoms with E-state index >= 15 is 0 Å². The second kappa shape index (κ2) is 7.65. The molecule has 0 radical (unpaired) electrons. The van der Waals surface area contributed by atoms with E-state index < -0.39 is 10.2 Å². The zero-order valence-electron chi connectivity index (χ0n) is 16.6. The quantitative estimate of drug-likeness (QED) is 0.781. The Bertz CT molecular complexity index is 906. The van der Waals surface area contributed by atoms with Gasteiger partial charge < -0.3 is 0 Å². The molecule has 0 saturated carbocycles. The van der Waals surface area contributed by atoms with Crippen molar-refractivity contribution in [2.24, 2.45) is 0 Å². The summed E-state index contributed by atoms with van der Waals surface area (Å²) in [6, 6.07) is 3.71. The molecule has 3 rings (SSSR count). The molecule has 8 nitrogen and oxygen atoms in total. The van der Waals surface area contributed by atoms with Crippen molar-refractivity contribution >= 4 is 10.2 Å². The standard InChI is InChI=1S/C18H28N6O2S/c1-13(2)24-16(9-10-19-24)15-12-14(3)20-18(21-15)17-8-6-7-11-23(17)27(25,26)22(4)5/h9-10,12-13,17H,6-8,11H2,1-5H3/t17-/m1/s1. The Labute approximate surface area is 161 Å². The van der Waals surface area contributed by atoms with E-state index in [0.29, 0.717) is 12.4 Å². The maximum absolute atomic E-state index is 12.8. The van der Waals surface area contributed by atoms with Crippen LogP contribution in [-0.4, -0.2) is 57.4 Å². The molecule has 27 heavy (non-hydrogen) atoms. The lowest BCUT2D eigenvalue weighted by Gasteiger charge is -2.35. The first-order chi connectivity index (χ1) is 12.7. The van der Waals surface area contributed by atoms with Gasteiger partial charge in [-0.25, -0.2) is 9.97 Å². The van der Waals surface area contributed by atoms with Crippen LogP contribution in [0.15, 0.2) is 18.3 Å². The highest BCUT2D eigenvalue weighted by atomic mass is 32.2. The van der Waals surface area contributed by atoms with Gasteiger partial charge in [-0.05, 0) is 45.7 Å². The Kier molecular flexibility index (Phi) is 5.64. The van der Waals surface area contributed by atoms with Crippen LogP contribution in [0.1, 0.15) is 56.7 Å². The van der Waals surface area contributed by atoms with Crippen molar-refractivity contribution < 1.29 is 8.42 Å². The van der Waals surface area contributed by atoms with Gasteiger partial charge >= 0.3 is 0 Å². The molecule has 1 aliphatic heterocycles. The molecule has 0 spiro atoms. The molecule has 1 aliphatic rings. The molecular weight excluding hydrogens is 364 g/mol. The fourth-order valence-corrected chi connectivity index (χ4v) is 4.75. The third kappa shape index (κ3) is 3.90. The fraction of sp³-hybridized carbons (Fsp3) is 0.611. The smallest absolute Gasteiger partial charge is 0.261 e. The third-order valence-electron chi connectivity index (χ3n) is 4.80. The van der Waals surface area contributed by atoms with Crippen LogP contribution in [-0.2, 0) is 10.2 Å². The predicted octanol–water partition coefficient (Wildman–Crippen LogP) is 2.56. The minimum atomic E-state index is -3.53. The Hall–Kier alpha value is -1.84. The molecule has 0 aromatic carbocycles. The van der Waals surface area contributed by atoms with Gasteiger partial charge in [-0.2, -0.15) is 22.1 Å². The molecule has 0 unspecified atom stereocenters. The normalized spacial score (nSPS) is 19.1. The molecule has 148 valence electrons. The fourth-order valence-electron chi connectivity index (χ4n) is 3.45. The topological polar surface area (TPSA) is 84.2 Å². The van der Waals surface area contributed by atoms with Gasteiger partial charge in [-0.3, -0.25) is 4.68 Å². The lowest BCUT2D eigenvalue weighted by Crippen LogP contribution is -2.45. The van der Waals surface area contributed by atoms with E-state index in [2.05, 4.69) is 23.9 Å². The van der Waals surface area contributed by atoms with E-state index in [1.165, 1.54) is 8.61 Å². The molecular formula is C18H28N6O2S. The Morgan fingerprint density at radius 3 is 2.63 bits per heavy atom. The first-order valence-corrected chi connectivity index (χ1v) is 10.7. The average Bonchev–Trinajstić information content (AvgIpc) is 3.11. The molecule has 0 bridgehead atoms. The van der Waals surface area contributed by atoms with Crippen LogP contribution >= 0.6 is 0 Å². The number of piperidine rings is 1. The van der Waals surface area contributed by atoms with Gasteiger partial charge in [-0.1, -0.05) is 6.42 Å². The largest absolute Gasteiger partial charge is 0.282 e. The lowest BCUT2D eigenvalue weighted by atomic mass is 10.0. The molecule has 0 amide bonds. The van der Waals surface area contributed by atoms with Crippen molar-refractivity contribution in [2.45, 2.75) is 52.1 Å². The van der Waals surface area contributed by atoms with Gasteiger partial charge in [0, 0.05) is 38.6 Å². The number of aromatic nitrogens is 4. The first kappa shape index (κ1) is 19.9. The van der Waals surface area contributed by atoms with Crippen molar-refractivity contribution in [1.82, 2.24) is 28.4 Å². The molecule has 0 N–H and O–H groups in total. The molecule has 1 fully saturated rings. The summed E-state index contributed by atoms with van der Waals surface area (Å²) in [7, 11) is -0.409. The summed E-state index contributed by atoms with van der Waals surface area (Å²) in [5.74, 6) is 0.562. The number of aryl methyl sites for hydroxylation is 1. The van der Waals surface area contributed by atoms with Crippen LogP contribution in [0.25, 0.3) is 11.4 Å². The summed E-state index contributed by atoms with van der Waals surface area (Å²) < 4.78 is 30.3. The zero-order chi connectivity index (χ0) is 19.8. The summed E-state index contributed by atoms with van der Waals surface area (Å²) in [5.41, 5.74) is 2.50. The molecule has 1 atom stereocenters. The van der Waals surface area contributed by atoms with Crippen molar-refractivity contribution in [3.05, 3.63) is 29.8 Å². The SMILES string of the molecule is Cc1cc(-c2ccnn2C(C)C)nc([C@H]2CCCCN2S(=O)(=O)N(C)C)n1. The minimum absolute atomic E-state index is 0.203. The van der Waals surface area contributed by atoms with Crippen molar-refractivity contribution in [3.63, 3.8) is 0 Å². The summed E-state index contributed by atoms with van der Waals surface area (Å²) in [4.78, 5) is 9.37. The van der Waals surface area contributed by atoms with E-state index in [-0.39, 0.29) is 12.1 Å². The van der Waals surface area contributed by atoms with Gasteiger partial charge in [0.1, 0.15) is 5.82 Å². The summed E-state index contributed by atoms with van der Waals surface area (Å²) in [5, 5.41) is 4.38. The minimum Gasteiger partial charge on any atom is -0.261 e. The van der Waals surface area contributed by atoms with Crippen LogP contribution in [0.3, 0.4) is 0 Å². The van der Waals surface area contributed by atoms with E-state index in [1.807, 2.05) is 23.7 Å². The average molecular weight is 393 g/mol. The summed E-state index contributed by atoms with van der Waals surface area (Å²) in [6.45, 7) is 6.54. The summed E-state index contributed by atoms with van der Waals surface area (Å²) >= 11 is 0. The maximum atomic E-state index is 12.8. The highest BCUT2D eigenvalue weighted by Crippen LogP contribution is 2.33. The van der Waals surface area contributed by atoms with E-state index in [1.54, 1.807) is 20.3 Å². The van der Waals surface area contributed by atoms with Crippen LogP contribution < -0.4 is 0 Å². The molecule has 1 saturated heterocycles. The number of nitrogens with zero attached hydrogens (tertiary/aromatic N) is 6. The van der Waals surface area contributed by atoms with Crippen molar-refractivity contribution in [2.75, 3.05) is 20.6 Å². The van der Waals surface area contributed by atoms with Crippen LogP contribution in [0.5, 0.6) is 0 Å². The Morgan fingerprint density at radius 1 is 1.22 bits per heavy atom. The molecule has 0 aliphatic carbocycles. The van der Waals surface area contributed by atoms with Gasteiger partial charge in [0.2, 0.25) is 0 Å². The van der Waals surface area contributed by atoms with Gasteiger partial charge in [0.15, 0.2) is 0 Å². The highest BCUT2D eigenvalue weighted by Gasteiger charge is 2.36.